The van der Waals surface area contributed by atoms with Crippen LogP contribution in [0.15, 0.2) is 24.5 Å². The first kappa shape index (κ1) is 15.5. The van der Waals surface area contributed by atoms with Gasteiger partial charge in [-0.1, -0.05) is 19.1 Å². The molecule has 0 bridgehead atoms. The molecule has 0 unspecified atom stereocenters. The predicted octanol–water partition coefficient (Wildman–Crippen LogP) is 4.17. The molecule has 0 saturated heterocycles. The van der Waals surface area contributed by atoms with E-state index in [-0.39, 0.29) is 0 Å². The van der Waals surface area contributed by atoms with Gasteiger partial charge in [0.2, 0.25) is 0 Å². The van der Waals surface area contributed by atoms with E-state index in [9.17, 15) is 0 Å². The molecule has 0 saturated carbocycles. The maximum absolute atomic E-state index is 5.67. The third kappa shape index (κ3) is 3.42. The second kappa shape index (κ2) is 7.22. The Morgan fingerprint density at radius 2 is 1.81 bits per heavy atom. The molecule has 1 heterocycles. The number of hydrogen-bond donors (Lipinski definition) is 1. The minimum Gasteiger partial charge on any atom is -0.490 e. The van der Waals surface area contributed by atoms with Gasteiger partial charge in [0.25, 0.3) is 0 Å². The smallest absolute Gasteiger partial charge is 0.161 e. The van der Waals surface area contributed by atoms with Crippen LogP contribution in [-0.2, 0) is 6.42 Å². The average Bonchev–Trinajstić information content (AvgIpc) is 2.49. The number of benzene rings is 1. The minimum absolute atomic E-state index is 0.594. The van der Waals surface area contributed by atoms with Gasteiger partial charge in [-0.15, -0.1) is 0 Å². The van der Waals surface area contributed by atoms with Crippen LogP contribution < -0.4 is 9.47 Å². The van der Waals surface area contributed by atoms with E-state index in [1.807, 2.05) is 32.0 Å². The maximum atomic E-state index is 5.67. The molecule has 5 heteroatoms. The zero-order valence-electron chi connectivity index (χ0n) is 12.6. The molecule has 1 N–H and O–H groups in total. The Kier molecular flexibility index (Phi) is 5.33. The molecule has 0 amide bonds. The summed E-state index contributed by atoms with van der Waals surface area (Å²) in [7, 11) is 0. The van der Waals surface area contributed by atoms with Crippen LogP contribution >= 0.6 is 12.2 Å². The normalized spacial score (nSPS) is 10.4. The summed E-state index contributed by atoms with van der Waals surface area (Å²) in [6.07, 6.45) is 2.46. The third-order valence-corrected chi connectivity index (χ3v) is 3.49. The molecule has 1 aromatic carbocycles. The lowest BCUT2D eigenvalue weighted by Gasteiger charge is -2.14. The second-order valence-electron chi connectivity index (χ2n) is 4.44. The Hall–Kier alpha value is -1.88. The van der Waals surface area contributed by atoms with Crippen molar-refractivity contribution >= 4 is 12.2 Å². The first-order valence-electron chi connectivity index (χ1n) is 7.17. The van der Waals surface area contributed by atoms with E-state index in [1.165, 1.54) is 0 Å². The van der Waals surface area contributed by atoms with Crippen LogP contribution in [0.5, 0.6) is 11.5 Å². The molecule has 4 nitrogen and oxygen atoms in total. The second-order valence-corrected chi connectivity index (χ2v) is 4.83. The van der Waals surface area contributed by atoms with Crippen LogP contribution in [0.3, 0.4) is 0 Å². The summed E-state index contributed by atoms with van der Waals surface area (Å²) >= 11 is 5.30. The monoisotopic (exact) mass is 304 g/mol. The maximum Gasteiger partial charge on any atom is 0.161 e. The molecule has 0 radical (unpaired) electrons. The molecular weight excluding hydrogens is 284 g/mol. The topological polar surface area (TPSA) is 47.1 Å². The molecule has 21 heavy (non-hydrogen) atoms. The van der Waals surface area contributed by atoms with E-state index < -0.39 is 0 Å². The standard InChI is InChI=1S/C16H20N2O2S/c1-4-12-15(17-10-18-16(12)21)11-7-8-13(19-5-2)14(9-11)20-6-3/h7-10H,4-6H2,1-3H3,(H,17,18,21). The first-order valence-corrected chi connectivity index (χ1v) is 7.58. The van der Waals surface area contributed by atoms with E-state index in [4.69, 9.17) is 21.7 Å². The fourth-order valence-electron chi connectivity index (χ4n) is 2.22. The third-order valence-electron chi connectivity index (χ3n) is 3.14. The lowest BCUT2D eigenvalue weighted by Crippen LogP contribution is -2.00. The highest BCUT2D eigenvalue weighted by Gasteiger charge is 2.11. The summed E-state index contributed by atoms with van der Waals surface area (Å²) in [4.78, 5) is 7.34. The Morgan fingerprint density at radius 1 is 1.10 bits per heavy atom. The number of nitrogens with one attached hydrogen (secondary N) is 1. The number of H-pyrrole nitrogens is 1. The molecule has 1 aromatic heterocycles. The van der Waals surface area contributed by atoms with E-state index >= 15 is 0 Å². The number of nitrogens with zero attached hydrogens (tertiary/aromatic N) is 1. The molecule has 0 aliphatic carbocycles. The van der Waals surface area contributed by atoms with E-state index in [1.54, 1.807) is 6.33 Å². The molecule has 112 valence electrons. The van der Waals surface area contributed by atoms with Gasteiger partial charge in [0.05, 0.1) is 25.2 Å². The highest BCUT2D eigenvalue weighted by atomic mass is 32.1. The summed E-state index contributed by atoms with van der Waals surface area (Å²) in [6, 6.07) is 5.92. The van der Waals surface area contributed by atoms with Crippen LogP contribution in [0.4, 0.5) is 0 Å². The SMILES string of the molecule is CCOc1ccc(-c2[nH]cnc(=S)c2CC)cc1OCC. The minimum atomic E-state index is 0.594. The van der Waals surface area contributed by atoms with E-state index in [2.05, 4.69) is 16.9 Å². The molecule has 0 spiro atoms. The summed E-state index contributed by atoms with van der Waals surface area (Å²) in [5.41, 5.74) is 3.05. The van der Waals surface area contributed by atoms with Gasteiger partial charge in [-0.05, 0) is 38.5 Å². The average molecular weight is 304 g/mol. The van der Waals surface area contributed by atoms with Gasteiger partial charge in [-0.2, -0.15) is 0 Å². The predicted molar refractivity (Wildman–Crippen MR) is 86.6 cm³/mol. The van der Waals surface area contributed by atoms with Crippen LogP contribution in [-0.4, -0.2) is 23.2 Å². The van der Waals surface area contributed by atoms with Crippen LogP contribution in [0.1, 0.15) is 26.3 Å². The van der Waals surface area contributed by atoms with Crippen molar-refractivity contribution in [2.75, 3.05) is 13.2 Å². The van der Waals surface area contributed by atoms with Gasteiger partial charge in [-0.25, -0.2) is 4.98 Å². The number of ether oxygens (including phenoxy) is 2. The number of hydrogen-bond acceptors (Lipinski definition) is 4. The summed E-state index contributed by atoms with van der Waals surface area (Å²) in [5.74, 6) is 1.50. The molecule has 0 fully saturated rings. The van der Waals surface area contributed by atoms with E-state index in [0.717, 1.165) is 34.7 Å². The van der Waals surface area contributed by atoms with Crippen molar-refractivity contribution in [3.8, 4) is 22.8 Å². The van der Waals surface area contributed by atoms with Crippen molar-refractivity contribution in [3.63, 3.8) is 0 Å². The fraction of sp³-hybridized carbons (Fsp3) is 0.375. The highest BCUT2D eigenvalue weighted by molar-refractivity contribution is 7.71. The number of aromatic nitrogens is 2. The van der Waals surface area contributed by atoms with Crippen molar-refractivity contribution in [3.05, 3.63) is 34.7 Å². The number of rotatable bonds is 6. The van der Waals surface area contributed by atoms with Gasteiger partial charge in [0, 0.05) is 11.1 Å². The summed E-state index contributed by atoms with van der Waals surface area (Å²) < 4.78 is 11.9. The molecular formula is C16H20N2O2S. The summed E-state index contributed by atoms with van der Waals surface area (Å²) in [6.45, 7) is 7.19. The molecule has 0 aliphatic rings. The molecule has 2 aromatic rings. The zero-order valence-corrected chi connectivity index (χ0v) is 13.4. The van der Waals surface area contributed by atoms with Crippen LogP contribution in [0, 0.1) is 4.64 Å². The van der Waals surface area contributed by atoms with Gasteiger partial charge in [0.15, 0.2) is 11.5 Å². The van der Waals surface area contributed by atoms with Gasteiger partial charge in [-0.3, -0.25) is 0 Å². The summed E-state index contributed by atoms with van der Waals surface area (Å²) in [5, 5.41) is 0. The van der Waals surface area contributed by atoms with Crippen molar-refractivity contribution in [1.82, 2.24) is 9.97 Å². The van der Waals surface area contributed by atoms with Crippen LogP contribution in [0.25, 0.3) is 11.3 Å². The van der Waals surface area contributed by atoms with Crippen molar-refractivity contribution in [2.45, 2.75) is 27.2 Å². The molecule has 2 rings (SSSR count). The van der Waals surface area contributed by atoms with Crippen molar-refractivity contribution in [2.24, 2.45) is 0 Å². The van der Waals surface area contributed by atoms with Crippen molar-refractivity contribution in [1.29, 1.82) is 0 Å². The van der Waals surface area contributed by atoms with E-state index in [0.29, 0.717) is 17.9 Å². The fourth-order valence-corrected chi connectivity index (χ4v) is 2.52. The lowest BCUT2D eigenvalue weighted by molar-refractivity contribution is 0.288. The highest BCUT2D eigenvalue weighted by Crippen LogP contribution is 2.33. The largest absolute Gasteiger partial charge is 0.490 e. The quantitative estimate of drug-likeness (QED) is 0.814. The molecule has 0 aliphatic heterocycles. The van der Waals surface area contributed by atoms with Crippen LogP contribution in [0.2, 0.25) is 0 Å². The van der Waals surface area contributed by atoms with Gasteiger partial charge in [0.1, 0.15) is 4.64 Å². The van der Waals surface area contributed by atoms with Gasteiger partial charge >= 0.3 is 0 Å². The van der Waals surface area contributed by atoms with Gasteiger partial charge < -0.3 is 14.5 Å². The lowest BCUT2D eigenvalue weighted by atomic mass is 10.0. The Balaban J connectivity index is 2.52. The molecule has 0 atom stereocenters. The Morgan fingerprint density at radius 3 is 2.48 bits per heavy atom. The Bertz CT molecular complexity index is 668. The van der Waals surface area contributed by atoms with Crippen molar-refractivity contribution < 1.29 is 9.47 Å². The zero-order chi connectivity index (χ0) is 15.2. The first-order chi connectivity index (χ1) is 10.2. The number of aromatic amines is 1. The Labute approximate surface area is 130 Å².